The fraction of sp³-hybridized carbons (Fsp3) is 0.636. The van der Waals surface area contributed by atoms with Crippen LogP contribution in [0.3, 0.4) is 0 Å². The van der Waals surface area contributed by atoms with E-state index < -0.39 is 24.2 Å². The number of hydrogen-bond acceptors (Lipinski definition) is 3. The molecule has 0 aliphatic rings. The molecule has 0 aliphatic carbocycles. The van der Waals surface area contributed by atoms with Crippen molar-refractivity contribution in [2.75, 3.05) is 7.11 Å². The van der Waals surface area contributed by atoms with E-state index in [2.05, 4.69) is 10.3 Å². The summed E-state index contributed by atoms with van der Waals surface area (Å²) in [5.41, 5.74) is -1.04. The lowest BCUT2D eigenvalue weighted by molar-refractivity contribution is -0.141. The molecule has 0 aliphatic heterocycles. The summed E-state index contributed by atoms with van der Waals surface area (Å²) in [5.74, 6) is -0.283. The Bertz CT molecular complexity index is 441. The van der Waals surface area contributed by atoms with Crippen molar-refractivity contribution in [3.05, 3.63) is 18.2 Å². The minimum Gasteiger partial charge on any atom is -0.369 e. The molecule has 1 aromatic rings. The first-order valence-corrected chi connectivity index (χ1v) is 5.56. The van der Waals surface area contributed by atoms with E-state index in [1.807, 2.05) is 0 Å². The van der Waals surface area contributed by atoms with Gasteiger partial charge in [-0.1, -0.05) is 0 Å². The smallest absolute Gasteiger partial charge is 0.369 e. The second-order valence-electron chi connectivity index (χ2n) is 4.48. The Morgan fingerprint density at radius 1 is 1.47 bits per heavy atom. The van der Waals surface area contributed by atoms with Crippen LogP contribution in [0.2, 0.25) is 0 Å². The number of alkyl halides is 3. The topological polar surface area (TPSA) is 56.1 Å². The van der Waals surface area contributed by atoms with Gasteiger partial charge in [0.25, 0.3) is 5.91 Å². The summed E-state index contributed by atoms with van der Waals surface area (Å²) in [7, 11) is 1.38. The molecule has 0 atom stereocenters. The largest absolute Gasteiger partial charge is 0.406 e. The van der Waals surface area contributed by atoms with Gasteiger partial charge in [-0.05, 0) is 13.8 Å². The summed E-state index contributed by atoms with van der Waals surface area (Å²) < 4.78 is 42.8. The highest BCUT2D eigenvalue weighted by molar-refractivity contribution is 5.84. The Balaban J connectivity index is 2.65. The number of aromatic nitrogens is 2. The average Bonchev–Trinajstić information content (AvgIpc) is 2.70. The molecule has 108 valence electrons. The van der Waals surface area contributed by atoms with Crippen LogP contribution in [0.25, 0.3) is 0 Å². The SMILES string of the molecule is COC(C)(C)C(=O)NCc1nccn1CC(F)(F)F. The standard InChI is InChI=1S/C11H16F3N3O2/c1-10(2,19-3)9(18)16-6-8-15-4-5-17(8)7-11(12,13)14/h4-5H,6-7H2,1-3H3,(H,16,18). The van der Waals surface area contributed by atoms with E-state index in [4.69, 9.17) is 4.74 Å². The first-order chi connectivity index (χ1) is 8.65. The summed E-state index contributed by atoms with van der Waals surface area (Å²) >= 11 is 0. The Hall–Kier alpha value is -1.57. The number of carbonyl (C=O) groups excluding carboxylic acids is 1. The van der Waals surface area contributed by atoms with Crippen LogP contribution in [0.1, 0.15) is 19.7 Å². The molecule has 0 radical (unpaired) electrons. The third-order valence-corrected chi connectivity index (χ3v) is 2.62. The Morgan fingerprint density at radius 2 is 2.11 bits per heavy atom. The molecule has 0 saturated carbocycles. The second-order valence-corrected chi connectivity index (χ2v) is 4.48. The van der Waals surface area contributed by atoms with Crippen LogP contribution in [0.15, 0.2) is 12.4 Å². The summed E-state index contributed by atoms with van der Waals surface area (Å²) in [6.45, 7) is 1.90. The number of nitrogens with zero attached hydrogens (tertiary/aromatic N) is 2. The summed E-state index contributed by atoms with van der Waals surface area (Å²) in [5, 5.41) is 2.49. The van der Waals surface area contributed by atoms with E-state index in [-0.39, 0.29) is 12.4 Å². The van der Waals surface area contributed by atoms with Crippen LogP contribution in [0, 0.1) is 0 Å². The third kappa shape index (κ3) is 4.55. The van der Waals surface area contributed by atoms with Gasteiger partial charge in [0.1, 0.15) is 18.0 Å². The van der Waals surface area contributed by atoms with Gasteiger partial charge < -0.3 is 14.6 Å². The molecule has 1 N–H and O–H groups in total. The summed E-state index contributed by atoms with van der Waals surface area (Å²) in [4.78, 5) is 15.5. The van der Waals surface area contributed by atoms with Gasteiger partial charge >= 0.3 is 6.18 Å². The van der Waals surface area contributed by atoms with Crippen molar-refractivity contribution in [3.8, 4) is 0 Å². The number of ether oxygens (including phenoxy) is 1. The van der Waals surface area contributed by atoms with E-state index in [0.717, 1.165) is 4.57 Å². The van der Waals surface area contributed by atoms with E-state index in [9.17, 15) is 18.0 Å². The van der Waals surface area contributed by atoms with Crippen LogP contribution in [-0.4, -0.2) is 34.3 Å². The fourth-order valence-corrected chi connectivity index (χ4v) is 1.31. The maximum atomic E-state index is 12.3. The normalized spacial score (nSPS) is 12.5. The number of nitrogens with one attached hydrogen (secondary N) is 1. The molecule has 0 bridgehead atoms. The van der Waals surface area contributed by atoms with E-state index >= 15 is 0 Å². The van der Waals surface area contributed by atoms with Crippen molar-refractivity contribution in [1.82, 2.24) is 14.9 Å². The number of carbonyl (C=O) groups is 1. The minimum atomic E-state index is -4.33. The molecule has 0 saturated heterocycles. The molecule has 0 spiro atoms. The van der Waals surface area contributed by atoms with Crippen molar-refractivity contribution < 1.29 is 22.7 Å². The third-order valence-electron chi connectivity index (χ3n) is 2.62. The minimum absolute atomic E-state index is 0.0886. The van der Waals surface area contributed by atoms with Gasteiger partial charge in [-0.15, -0.1) is 0 Å². The predicted molar refractivity (Wildman–Crippen MR) is 61.2 cm³/mol. The molecule has 8 heteroatoms. The van der Waals surface area contributed by atoms with Gasteiger partial charge in [-0.25, -0.2) is 4.98 Å². The first kappa shape index (κ1) is 15.5. The van der Waals surface area contributed by atoms with Gasteiger partial charge in [-0.3, -0.25) is 4.79 Å². The highest BCUT2D eigenvalue weighted by atomic mass is 19.4. The fourth-order valence-electron chi connectivity index (χ4n) is 1.31. The van der Waals surface area contributed by atoms with Gasteiger partial charge in [0.05, 0.1) is 6.54 Å². The molecule has 1 heterocycles. The highest BCUT2D eigenvalue weighted by Gasteiger charge is 2.30. The van der Waals surface area contributed by atoms with Crippen LogP contribution in [0.5, 0.6) is 0 Å². The lowest BCUT2D eigenvalue weighted by atomic mass is 10.1. The molecule has 1 aromatic heterocycles. The Labute approximate surface area is 108 Å². The summed E-state index contributed by atoms with van der Waals surface area (Å²) in [6.07, 6.45) is -1.85. The summed E-state index contributed by atoms with van der Waals surface area (Å²) in [6, 6.07) is 0. The molecule has 19 heavy (non-hydrogen) atoms. The Kier molecular flexibility index (Phi) is 4.56. The monoisotopic (exact) mass is 279 g/mol. The lowest BCUT2D eigenvalue weighted by Crippen LogP contribution is -2.43. The van der Waals surface area contributed by atoms with E-state index in [1.54, 1.807) is 13.8 Å². The molecule has 5 nitrogen and oxygen atoms in total. The number of methoxy groups -OCH3 is 1. The quantitative estimate of drug-likeness (QED) is 0.888. The molecular weight excluding hydrogens is 263 g/mol. The molecule has 1 rings (SSSR count). The Morgan fingerprint density at radius 3 is 2.63 bits per heavy atom. The predicted octanol–water partition coefficient (Wildman–Crippen LogP) is 1.49. The van der Waals surface area contributed by atoms with Crippen LogP contribution in [-0.2, 0) is 22.6 Å². The van der Waals surface area contributed by atoms with Crippen LogP contribution >= 0.6 is 0 Å². The zero-order valence-corrected chi connectivity index (χ0v) is 10.9. The van der Waals surface area contributed by atoms with E-state index in [0.29, 0.717) is 0 Å². The van der Waals surface area contributed by atoms with Crippen molar-refractivity contribution in [2.24, 2.45) is 0 Å². The molecular formula is C11H16F3N3O2. The van der Waals surface area contributed by atoms with Crippen molar-refractivity contribution in [3.63, 3.8) is 0 Å². The average molecular weight is 279 g/mol. The van der Waals surface area contributed by atoms with Gasteiger partial charge in [0, 0.05) is 19.5 Å². The molecule has 0 aromatic carbocycles. The zero-order valence-electron chi connectivity index (χ0n) is 10.9. The molecule has 1 amide bonds. The number of rotatable bonds is 5. The number of halogens is 3. The molecule has 0 fully saturated rings. The maximum Gasteiger partial charge on any atom is 0.406 e. The zero-order chi connectivity index (χ0) is 14.7. The number of imidazole rings is 1. The molecule has 0 unspecified atom stereocenters. The first-order valence-electron chi connectivity index (χ1n) is 5.56. The number of hydrogen-bond donors (Lipinski definition) is 1. The second kappa shape index (κ2) is 5.60. The van der Waals surface area contributed by atoms with Crippen LogP contribution in [0.4, 0.5) is 13.2 Å². The van der Waals surface area contributed by atoms with Crippen molar-refractivity contribution >= 4 is 5.91 Å². The number of amides is 1. The van der Waals surface area contributed by atoms with E-state index in [1.165, 1.54) is 19.5 Å². The highest BCUT2D eigenvalue weighted by Crippen LogP contribution is 2.18. The van der Waals surface area contributed by atoms with Gasteiger partial charge in [-0.2, -0.15) is 13.2 Å². The lowest BCUT2D eigenvalue weighted by Gasteiger charge is -2.21. The van der Waals surface area contributed by atoms with Crippen molar-refractivity contribution in [2.45, 2.75) is 38.7 Å². The van der Waals surface area contributed by atoms with Crippen molar-refractivity contribution in [1.29, 1.82) is 0 Å². The van der Waals surface area contributed by atoms with Gasteiger partial charge in [0.15, 0.2) is 0 Å². The van der Waals surface area contributed by atoms with Gasteiger partial charge in [0.2, 0.25) is 0 Å². The maximum absolute atomic E-state index is 12.3. The van der Waals surface area contributed by atoms with Crippen LogP contribution < -0.4 is 5.32 Å².